The second-order valence-corrected chi connectivity index (χ2v) is 2.65. The number of nitrogens with zero attached hydrogens (tertiary/aromatic N) is 3. The first-order valence-electron chi connectivity index (χ1n) is 3.67. The number of hydrogen-bond donors (Lipinski definition) is 1. The van der Waals surface area contributed by atoms with Gasteiger partial charge in [-0.15, -0.1) is 5.10 Å². The molecule has 2 aromatic rings. The summed E-state index contributed by atoms with van der Waals surface area (Å²) in [5.74, 6) is -1.07. The molecule has 2 rings (SSSR count). The molecule has 0 bridgehead atoms. The summed E-state index contributed by atoms with van der Waals surface area (Å²) in [6.07, 6.45) is -4.54. The molecule has 0 amide bonds. The third-order valence-electron chi connectivity index (χ3n) is 1.64. The molecule has 0 radical (unpaired) electrons. The van der Waals surface area contributed by atoms with E-state index in [1.807, 2.05) is 0 Å². The van der Waals surface area contributed by atoms with Crippen molar-refractivity contribution in [2.45, 2.75) is 6.18 Å². The molecule has 0 aliphatic carbocycles. The van der Waals surface area contributed by atoms with Crippen molar-refractivity contribution in [2.75, 3.05) is 5.73 Å². The minimum atomic E-state index is -4.54. The van der Waals surface area contributed by atoms with Crippen LogP contribution in [0.15, 0.2) is 18.2 Å². The number of halogens is 3. The number of aromatic nitrogens is 3. The van der Waals surface area contributed by atoms with Gasteiger partial charge in [-0.3, -0.25) is 0 Å². The quantitative estimate of drug-likeness (QED) is 0.701. The second kappa shape index (κ2) is 2.60. The van der Waals surface area contributed by atoms with Crippen LogP contribution in [0, 0.1) is 0 Å². The Kier molecular flexibility index (Phi) is 1.63. The van der Waals surface area contributed by atoms with Crippen LogP contribution in [0.5, 0.6) is 0 Å². The van der Waals surface area contributed by atoms with Gasteiger partial charge >= 0.3 is 6.18 Å². The molecule has 0 unspecified atom stereocenters. The molecule has 0 saturated heterocycles. The Hall–Kier alpha value is -1.79. The van der Waals surface area contributed by atoms with E-state index in [-0.39, 0.29) is 11.5 Å². The molecule has 7 heteroatoms. The van der Waals surface area contributed by atoms with Crippen molar-refractivity contribution in [1.82, 2.24) is 14.6 Å². The van der Waals surface area contributed by atoms with Crippen molar-refractivity contribution in [1.29, 1.82) is 0 Å². The maximum absolute atomic E-state index is 12.2. The van der Waals surface area contributed by atoms with Crippen molar-refractivity contribution in [3.8, 4) is 0 Å². The van der Waals surface area contributed by atoms with Gasteiger partial charge in [0.05, 0.1) is 0 Å². The highest BCUT2D eigenvalue weighted by atomic mass is 19.4. The van der Waals surface area contributed by atoms with Gasteiger partial charge in [0.1, 0.15) is 5.82 Å². The molecule has 4 nitrogen and oxygen atoms in total. The summed E-state index contributed by atoms with van der Waals surface area (Å²) in [5.41, 5.74) is 5.49. The third-order valence-corrected chi connectivity index (χ3v) is 1.64. The molecule has 2 aromatic heterocycles. The molecule has 0 aliphatic rings. The molecule has 0 spiro atoms. The highest BCUT2D eigenvalue weighted by Crippen LogP contribution is 2.26. The second-order valence-electron chi connectivity index (χ2n) is 2.65. The van der Waals surface area contributed by atoms with E-state index in [4.69, 9.17) is 5.73 Å². The standard InChI is InChI=1S/C7H5F3N4/c8-7(9,10)6-12-5-3-1-2-4(11)14(5)13-6/h1-3H,11H2. The van der Waals surface area contributed by atoms with Crippen LogP contribution in [0.3, 0.4) is 0 Å². The molecular weight excluding hydrogens is 197 g/mol. The molecule has 0 aromatic carbocycles. The molecule has 0 aliphatic heterocycles. The van der Waals surface area contributed by atoms with E-state index in [0.717, 1.165) is 4.52 Å². The van der Waals surface area contributed by atoms with E-state index in [1.54, 1.807) is 0 Å². The first-order chi connectivity index (χ1) is 6.48. The molecule has 0 fully saturated rings. The van der Waals surface area contributed by atoms with E-state index < -0.39 is 12.0 Å². The summed E-state index contributed by atoms with van der Waals surface area (Å²) in [5, 5.41) is 3.24. The lowest BCUT2D eigenvalue weighted by atomic mass is 10.4. The summed E-state index contributed by atoms with van der Waals surface area (Å²) in [6, 6.07) is 4.36. The number of hydrogen-bond acceptors (Lipinski definition) is 3. The van der Waals surface area contributed by atoms with Crippen LogP contribution >= 0.6 is 0 Å². The van der Waals surface area contributed by atoms with Gasteiger partial charge < -0.3 is 5.73 Å². The van der Waals surface area contributed by atoms with Crippen LogP contribution in [0.4, 0.5) is 19.0 Å². The van der Waals surface area contributed by atoms with Crippen LogP contribution in [-0.2, 0) is 6.18 Å². The monoisotopic (exact) mass is 202 g/mol. The number of nitrogen functional groups attached to an aromatic ring is 1. The minimum absolute atomic E-state index is 0.0809. The number of rotatable bonds is 0. The molecule has 2 heterocycles. The first kappa shape index (κ1) is 8.79. The predicted octanol–water partition coefficient (Wildman–Crippen LogP) is 1.33. The molecule has 14 heavy (non-hydrogen) atoms. The topological polar surface area (TPSA) is 56.2 Å². The predicted molar refractivity (Wildman–Crippen MR) is 42.4 cm³/mol. The number of nitrogens with two attached hydrogens (primary N) is 1. The van der Waals surface area contributed by atoms with Crippen LogP contribution < -0.4 is 5.73 Å². The van der Waals surface area contributed by atoms with Crippen molar-refractivity contribution >= 4 is 11.5 Å². The maximum Gasteiger partial charge on any atom is 0.453 e. The lowest BCUT2D eigenvalue weighted by molar-refractivity contribution is -0.144. The Morgan fingerprint density at radius 3 is 2.57 bits per heavy atom. The lowest BCUT2D eigenvalue weighted by Crippen LogP contribution is -2.08. The zero-order valence-corrected chi connectivity index (χ0v) is 6.78. The minimum Gasteiger partial charge on any atom is -0.384 e. The smallest absolute Gasteiger partial charge is 0.384 e. The summed E-state index contributed by atoms with van der Waals surface area (Å²) in [6.45, 7) is 0. The highest BCUT2D eigenvalue weighted by molar-refractivity contribution is 5.46. The van der Waals surface area contributed by atoms with Crippen molar-refractivity contribution in [3.05, 3.63) is 24.0 Å². The third kappa shape index (κ3) is 1.26. The SMILES string of the molecule is Nc1cccc2nc(C(F)(F)F)nn12. The maximum atomic E-state index is 12.2. The van der Waals surface area contributed by atoms with Crippen LogP contribution in [-0.4, -0.2) is 14.6 Å². The molecule has 2 N–H and O–H groups in total. The van der Waals surface area contributed by atoms with Gasteiger partial charge in [-0.05, 0) is 12.1 Å². The molecule has 74 valence electrons. The van der Waals surface area contributed by atoms with Gasteiger partial charge in [0, 0.05) is 0 Å². The van der Waals surface area contributed by atoms with E-state index in [2.05, 4.69) is 10.1 Å². The van der Waals surface area contributed by atoms with Gasteiger partial charge in [-0.1, -0.05) is 6.07 Å². The molecular formula is C7H5F3N4. The Morgan fingerprint density at radius 1 is 1.29 bits per heavy atom. The number of pyridine rings is 1. The summed E-state index contributed by atoms with van der Waals surface area (Å²) in [7, 11) is 0. The van der Waals surface area contributed by atoms with Gasteiger partial charge in [0.25, 0.3) is 5.82 Å². The normalized spacial score (nSPS) is 12.2. The fourth-order valence-electron chi connectivity index (χ4n) is 1.05. The average molecular weight is 202 g/mol. The van der Waals surface area contributed by atoms with Crippen molar-refractivity contribution in [3.63, 3.8) is 0 Å². The van der Waals surface area contributed by atoms with Crippen LogP contribution in [0.2, 0.25) is 0 Å². The largest absolute Gasteiger partial charge is 0.453 e. The van der Waals surface area contributed by atoms with Crippen molar-refractivity contribution < 1.29 is 13.2 Å². The van der Waals surface area contributed by atoms with Gasteiger partial charge in [0.2, 0.25) is 0 Å². The number of alkyl halides is 3. The van der Waals surface area contributed by atoms with Crippen LogP contribution in [0.1, 0.15) is 5.82 Å². The molecule has 0 atom stereocenters. The lowest BCUT2D eigenvalue weighted by Gasteiger charge is -1.97. The van der Waals surface area contributed by atoms with Gasteiger partial charge in [0.15, 0.2) is 5.65 Å². The Bertz CT molecular complexity index is 473. The average Bonchev–Trinajstić information content (AvgIpc) is 2.48. The summed E-state index contributed by atoms with van der Waals surface area (Å²) >= 11 is 0. The van der Waals surface area contributed by atoms with Crippen molar-refractivity contribution in [2.24, 2.45) is 0 Å². The Labute approximate surface area is 76.2 Å². The van der Waals surface area contributed by atoms with E-state index >= 15 is 0 Å². The zero-order chi connectivity index (χ0) is 10.3. The molecule has 0 saturated carbocycles. The van der Waals surface area contributed by atoms with Gasteiger partial charge in [-0.25, -0.2) is 4.98 Å². The summed E-state index contributed by atoms with van der Waals surface area (Å²) in [4.78, 5) is 3.29. The van der Waals surface area contributed by atoms with E-state index in [9.17, 15) is 13.2 Å². The van der Waals surface area contributed by atoms with E-state index in [0.29, 0.717) is 0 Å². The fourth-order valence-corrected chi connectivity index (χ4v) is 1.05. The fraction of sp³-hybridized carbons (Fsp3) is 0.143. The Balaban J connectivity index is 2.69. The Morgan fingerprint density at radius 2 is 2.00 bits per heavy atom. The zero-order valence-electron chi connectivity index (χ0n) is 6.78. The first-order valence-corrected chi connectivity index (χ1v) is 3.67. The number of fused-ring (bicyclic) bond motifs is 1. The van der Waals surface area contributed by atoms with E-state index in [1.165, 1.54) is 18.2 Å². The number of anilines is 1. The summed E-state index contributed by atoms with van der Waals surface area (Å²) < 4.78 is 37.5. The van der Waals surface area contributed by atoms with Gasteiger partial charge in [-0.2, -0.15) is 17.7 Å². The highest BCUT2D eigenvalue weighted by Gasteiger charge is 2.36. The van der Waals surface area contributed by atoms with Crippen LogP contribution in [0.25, 0.3) is 5.65 Å².